The Morgan fingerprint density at radius 2 is 1.81 bits per heavy atom. The highest BCUT2D eigenvalue weighted by molar-refractivity contribution is 5.93. The summed E-state index contributed by atoms with van der Waals surface area (Å²) in [6, 6.07) is 23.5. The van der Waals surface area contributed by atoms with Crippen LogP contribution in [0.4, 0.5) is 0 Å². The molecule has 5 heteroatoms. The Labute approximate surface area is 150 Å². The molecule has 2 heterocycles. The van der Waals surface area contributed by atoms with Crippen LogP contribution >= 0.6 is 0 Å². The van der Waals surface area contributed by atoms with Gasteiger partial charge in [-0.1, -0.05) is 36.4 Å². The molecule has 0 saturated heterocycles. The van der Waals surface area contributed by atoms with Crippen molar-refractivity contribution in [3.05, 3.63) is 96.6 Å². The van der Waals surface area contributed by atoms with Crippen LogP contribution in [0.2, 0.25) is 0 Å². The summed E-state index contributed by atoms with van der Waals surface area (Å²) in [5.74, 6) is -0.342. The minimum Gasteiger partial charge on any atom is -0.316 e. The van der Waals surface area contributed by atoms with Crippen LogP contribution in [-0.2, 0) is 0 Å². The number of pyridine rings is 1. The predicted octanol–water partition coefficient (Wildman–Crippen LogP) is 3.79. The van der Waals surface area contributed by atoms with Gasteiger partial charge in [0.1, 0.15) is 5.69 Å². The molecule has 0 fully saturated rings. The van der Waals surface area contributed by atoms with Gasteiger partial charge in [-0.3, -0.25) is 9.78 Å². The van der Waals surface area contributed by atoms with Crippen molar-refractivity contribution in [1.29, 1.82) is 0 Å². The monoisotopic (exact) mass is 340 g/mol. The molecule has 2 aromatic heterocycles. The van der Waals surface area contributed by atoms with Crippen LogP contribution in [0.25, 0.3) is 16.5 Å². The topological polar surface area (TPSA) is 59.3 Å². The third-order valence-corrected chi connectivity index (χ3v) is 4.05. The normalized spacial score (nSPS) is 11.1. The van der Waals surface area contributed by atoms with Crippen LogP contribution < -0.4 is 5.43 Å². The number of amides is 1. The molecule has 1 N–H and O–H groups in total. The summed E-state index contributed by atoms with van der Waals surface area (Å²) in [7, 11) is 0. The summed E-state index contributed by atoms with van der Waals surface area (Å²) >= 11 is 0. The van der Waals surface area contributed by atoms with Crippen LogP contribution in [0.15, 0.2) is 90.3 Å². The first kappa shape index (κ1) is 15.8. The average Bonchev–Trinajstić information content (AvgIpc) is 3.17. The SMILES string of the molecule is O=C(N/N=C/c1cccn1-c1ccc2ccccc2c1)c1ccccn1. The second kappa shape index (κ2) is 7.03. The zero-order valence-corrected chi connectivity index (χ0v) is 13.9. The molecular formula is C21H16N4O. The fourth-order valence-electron chi connectivity index (χ4n) is 2.77. The Balaban J connectivity index is 1.55. The van der Waals surface area contributed by atoms with E-state index in [0.717, 1.165) is 11.4 Å². The standard InChI is InChI=1S/C21H16N4O/c26-21(20-9-3-4-12-22-20)24-23-15-19-8-5-13-25(19)18-11-10-16-6-1-2-7-17(16)14-18/h1-15H,(H,24,26)/b23-15+. The van der Waals surface area contributed by atoms with Crippen LogP contribution in [0.5, 0.6) is 0 Å². The van der Waals surface area contributed by atoms with Crippen LogP contribution in [-0.4, -0.2) is 21.7 Å². The molecule has 2 aromatic carbocycles. The molecule has 0 atom stereocenters. The van der Waals surface area contributed by atoms with Gasteiger partial charge in [-0.2, -0.15) is 5.10 Å². The number of carbonyl (C=O) groups is 1. The van der Waals surface area contributed by atoms with Crippen molar-refractivity contribution in [2.75, 3.05) is 0 Å². The van der Waals surface area contributed by atoms with E-state index in [0.29, 0.717) is 5.69 Å². The molecule has 26 heavy (non-hydrogen) atoms. The van der Waals surface area contributed by atoms with E-state index >= 15 is 0 Å². The minimum absolute atomic E-state index is 0.328. The summed E-state index contributed by atoms with van der Waals surface area (Å²) < 4.78 is 2.02. The van der Waals surface area contributed by atoms with E-state index in [1.165, 1.54) is 10.8 Å². The van der Waals surface area contributed by atoms with Crippen molar-refractivity contribution in [2.24, 2.45) is 5.10 Å². The van der Waals surface area contributed by atoms with Gasteiger partial charge in [0, 0.05) is 18.1 Å². The van der Waals surface area contributed by atoms with Crippen LogP contribution in [0, 0.1) is 0 Å². The van der Waals surface area contributed by atoms with Gasteiger partial charge in [0.25, 0.3) is 5.91 Å². The van der Waals surface area contributed by atoms with Crippen molar-refractivity contribution < 1.29 is 4.79 Å². The third-order valence-electron chi connectivity index (χ3n) is 4.05. The zero-order valence-electron chi connectivity index (χ0n) is 13.9. The molecule has 0 radical (unpaired) electrons. The van der Waals surface area contributed by atoms with Gasteiger partial charge in [0.05, 0.1) is 11.9 Å². The van der Waals surface area contributed by atoms with Gasteiger partial charge < -0.3 is 4.57 Å². The van der Waals surface area contributed by atoms with Gasteiger partial charge in [-0.05, 0) is 47.2 Å². The quantitative estimate of drug-likeness (QED) is 0.454. The Morgan fingerprint density at radius 1 is 0.962 bits per heavy atom. The van der Waals surface area contributed by atoms with E-state index in [-0.39, 0.29) is 5.91 Å². The Bertz CT molecular complexity index is 1080. The van der Waals surface area contributed by atoms with Gasteiger partial charge >= 0.3 is 0 Å². The Hall–Kier alpha value is -3.73. The summed E-state index contributed by atoms with van der Waals surface area (Å²) in [6.45, 7) is 0. The van der Waals surface area contributed by atoms with Crippen molar-refractivity contribution >= 4 is 22.9 Å². The van der Waals surface area contributed by atoms with Crippen LogP contribution in [0.3, 0.4) is 0 Å². The lowest BCUT2D eigenvalue weighted by atomic mass is 10.1. The smallest absolute Gasteiger partial charge is 0.289 e. The van der Waals surface area contributed by atoms with Gasteiger partial charge in [-0.15, -0.1) is 0 Å². The van der Waals surface area contributed by atoms with E-state index in [1.54, 1.807) is 30.6 Å². The van der Waals surface area contributed by atoms with Gasteiger partial charge in [0.2, 0.25) is 0 Å². The molecule has 5 nitrogen and oxygen atoms in total. The maximum atomic E-state index is 12.0. The summed E-state index contributed by atoms with van der Waals surface area (Å²) in [6.07, 6.45) is 5.16. The summed E-state index contributed by atoms with van der Waals surface area (Å²) in [5, 5.41) is 6.42. The van der Waals surface area contributed by atoms with E-state index in [1.807, 2.05) is 35.0 Å². The Kier molecular flexibility index (Phi) is 4.26. The number of benzene rings is 2. The predicted molar refractivity (Wildman–Crippen MR) is 103 cm³/mol. The first-order chi connectivity index (χ1) is 12.8. The molecule has 126 valence electrons. The lowest BCUT2D eigenvalue weighted by Gasteiger charge is -2.08. The number of hydrogen-bond acceptors (Lipinski definition) is 3. The maximum Gasteiger partial charge on any atom is 0.289 e. The number of aromatic nitrogens is 2. The highest BCUT2D eigenvalue weighted by atomic mass is 16.2. The van der Waals surface area contributed by atoms with E-state index in [4.69, 9.17) is 0 Å². The fraction of sp³-hybridized carbons (Fsp3) is 0. The molecule has 0 aliphatic heterocycles. The number of nitrogens with zero attached hydrogens (tertiary/aromatic N) is 3. The minimum atomic E-state index is -0.342. The number of nitrogens with one attached hydrogen (secondary N) is 1. The first-order valence-electron chi connectivity index (χ1n) is 8.22. The molecular weight excluding hydrogens is 324 g/mol. The lowest BCUT2D eigenvalue weighted by Crippen LogP contribution is -2.18. The molecule has 4 rings (SSSR count). The number of carbonyl (C=O) groups excluding carboxylic acids is 1. The molecule has 0 bridgehead atoms. The maximum absolute atomic E-state index is 12.0. The summed E-state index contributed by atoms with van der Waals surface area (Å²) in [4.78, 5) is 16.0. The van der Waals surface area contributed by atoms with E-state index in [2.05, 4.69) is 45.8 Å². The fourth-order valence-corrected chi connectivity index (χ4v) is 2.77. The molecule has 0 aliphatic rings. The highest BCUT2D eigenvalue weighted by Gasteiger charge is 2.05. The second-order valence-electron chi connectivity index (χ2n) is 5.75. The zero-order chi connectivity index (χ0) is 17.8. The van der Waals surface area contributed by atoms with Gasteiger partial charge in [-0.25, -0.2) is 5.43 Å². The third kappa shape index (κ3) is 3.23. The van der Waals surface area contributed by atoms with E-state index in [9.17, 15) is 4.79 Å². The number of hydrazone groups is 1. The second-order valence-corrected chi connectivity index (χ2v) is 5.75. The summed E-state index contributed by atoms with van der Waals surface area (Å²) in [5.41, 5.74) is 4.72. The number of hydrogen-bond donors (Lipinski definition) is 1. The largest absolute Gasteiger partial charge is 0.316 e. The number of fused-ring (bicyclic) bond motifs is 1. The van der Waals surface area contributed by atoms with Crippen LogP contribution in [0.1, 0.15) is 16.2 Å². The molecule has 0 aliphatic carbocycles. The van der Waals surface area contributed by atoms with Crippen molar-refractivity contribution in [2.45, 2.75) is 0 Å². The highest BCUT2D eigenvalue weighted by Crippen LogP contribution is 2.19. The van der Waals surface area contributed by atoms with Crippen molar-refractivity contribution in [3.8, 4) is 5.69 Å². The van der Waals surface area contributed by atoms with Gasteiger partial charge in [0.15, 0.2) is 0 Å². The molecule has 0 spiro atoms. The molecule has 4 aromatic rings. The van der Waals surface area contributed by atoms with E-state index < -0.39 is 0 Å². The number of rotatable bonds is 4. The Morgan fingerprint density at radius 3 is 2.65 bits per heavy atom. The molecule has 0 saturated carbocycles. The molecule has 1 amide bonds. The first-order valence-corrected chi connectivity index (χ1v) is 8.22. The molecule has 0 unspecified atom stereocenters. The van der Waals surface area contributed by atoms with Crippen molar-refractivity contribution in [3.63, 3.8) is 0 Å². The average molecular weight is 340 g/mol. The lowest BCUT2D eigenvalue weighted by molar-refractivity contribution is 0.0950. The van der Waals surface area contributed by atoms with Crippen molar-refractivity contribution in [1.82, 2.24) is 15.0 Å².